The summed E-state index contributed by atoms with van der Waals surface area (Å²) in [6.07, 6.45) is 0. The number of H-pyrrole nitrogens is 1. The van der Waals surface area contributed by atoms with Crippen LogP contribution in [0.15, 0.2) is 52.4 Å². The molecule has 1 N–H and O–H groups in total. The van der Waals surface area contributed by atoms with Gasteiger partial charge in [-0.25, -0.2) is 8.78 Å². The summed E-state index contributed by atoms with van der Waals surface area (Å²) in [6.45, 7) is 0. The largest absolute Gasteiger partial charge is 0.349 e. The van der Waals surface area contributed by atoms with E-state index in [-0.39, 0.29) is 10.5 Å². The summed E-state index contributed by atoms with van der Waals surface area (Å²) in [6, 6.07) is 13.2. The Kier molecular flexibility index (Phi) is 3.17. The van der Waals surface area contributed by atoms with Crippen molar-refractivity contribution in [2.24, 2.45) is 0 Å². The molecule has 1 aromatic heterocycles. The summed E-state index contributed by atoms with van der Waals surface area (Å²) in [7, 11) is 0. The molecule has 3 aromatic rings. The molecule has 0 atom stereocenters. The molecule has 0 aliphatic carbocycles. The van der Waals surface area contributed by atoms with Crippen LogP contribution < -0.4 is 0 Å². The fourth-order valence-corrected chi connectivity index (χ4v) is 2.81. The van der Waals surface area contributed by atoms with Gasteiger partial charge in [-0.05, 0) is 24.3 Å². The minimum absolute atomic E-state index is 0.0269. The number of benzene rings is 2. The fourth-order valence-electron chi connectivity index (χ4n) is 1.93. The van der Waals surface area contributed by atoms with Crippen LogP contribution in [0.2, 0.25) is 0 Å². The number of rotatable bonds is 2. The highest BCUT2D eigenvalue weighted by Crippen LogP contribution is 2.33. The van der Waals surface area contributed by atoms with Crippen LogP contribution in [-0.4, -0.2) is 4.98 Å². The van der Waals surface area contributed by atoms with E-state index in [2.05, 4.69) is 4.98 Å². The average molecular weight is 286 g/mol. The summed E-state index contributed by atoms with van der Waals surface area (Å²) < 4.78 is 27.6. The molecule has 0 amide bonds. The molecule has 0 radical (unpaired) electrons. The number of halogens is 2. The van der Waals surface area contributed by atoms with E-state index in [1.807, 2.05) is 30.3 Å². The second kappa shape index (κ2) is 4.99. The SMILES string of the molecule is N#Cc1cc(F)c(Sc2cc3ccccc3[nH]2)c(F)c1. The molecular weight excluding hydrogens is 278 g/mol. The molecule has 20 heavy (non-hydrogen) atoms. The maximum absolute atomic E-state index is 13.8. The molecule has 2 aromatic carbocycles. The maximum atomic E-state index is 13.8. The van der Waals surface area contributed by atoms with Gasteiger partial charge in [0.1, 0.15) is 11.6 Å². The van der Waals surface area contributed by atoms with Crippen LogP contribution in [0.25, 0.3) is 10.9 Å². The number of hydrogen-bond acceptors (Lipinski definition) is 2. The monoisotopic (exact) mass is 286 g/mol. The van der Waals surface area contributed by atoms with Crippen LogP contribution in [-0.2, 0) is 0 Å². The van der Waals surface area contributed by atoms with E-state index in [1.54, 1.807) is 6.07 Å². The summed E-state index contributed by atoms with van der Waals surface area (Å²) in [4.78, 5) is 2.98. The molecule has 0 aliphatic rings. The Morgan fingerprint density at radius 2 is 1.75 bits per heavy atom. The zero-order chi connectivity index (χ0) is 14.1. The molecule has 0 saturated carbocycles. The van der Waals surface area contributed by atoms with Gasteiger partial charge in [-0.1, -0.05) is 30.0 Å². The lowest BCUT2D eigenvalue weighted by Gasteiger charge is -2.03. The number of nitrogens with one attached hydrogen (secondary N) is 1. The van der Waals surface area contributed by atoms with Gasteiger partial charge in [0, 0.05) is 10.9 Å². The first-order chi connectivity index (χ1) is 9.67. The number of hydrogen-bond donors (Lipinski definition) is 1. The minimum Gasteiger partial charge on any atom is -0.349 e. The van der Waals surface area contributed by atoms with Crippen molar-refractivity contribution >= 4 is 22.7 Å². The van der Waals surface area contributed by atoms with Crippen LogP contribution in [0.3, 0.4) is 0 Å². The molecule has 0 bridgehead atoms. The predicted molar refractivity (Wildman–Crippen MR) is 73.5 cm³/mol. The Hall–Kier alpha value is -2.32. The number of nitriles is 1. The van der Waals surface area contributed by atoms with Crippen LogP contribution in [0.5, 0.6) is 0 Å². The molecule has 0 saturated heterocycles. The third kappa shape index (κ3) is 2.26. The van der Waals surface area contributed by atoms with Crippen molar-refractivity contribution in [1.82, 2.24) is 4.98 Å². The average Bonchev–Trinajstić information content (AvgIpc) is 2.85. The second-order valence-corrected chi connectivity index (χ2v) is 5.26. The molecule has 0 unspecified atom stereocenters. The van der Waals surface area contributed by atoms with E-state index in [0.717, 1.165) is 34.8 Å². The quantitative estimate of drug-likeness (QED) is 0.755. The van der Waals surface area contributed by atoms with Gasteiger partial charge in [0.05, 0.1) is 21.6 Å². The summed E-state index contributed by atoms with van der Waals surface area (Å²) >= 11 is 0.971. The Morgan fingerprint density at radius 3 is 2.40 bits per heavy atom. The lowest BCUT2D eigenvalue weighted by Crippen LogP contribution is -1.90. The van der Waals surface area contributed by atoms with Gasteiger partial charge in [-0.3, -0.25) is 0 Å². The maximum Gasteiger partial charge on any atom is 0.141 e. The van der Waals surface area contributed by atoms with E-state index in [0.29, 0.717) is 5.03 Å². The second-order valence-electron chi connectivity index (χ2n) is 4.20. The molecule has 1 heterocycles. The number of aromatic amines is 1. The lowest BCUT2D eigenvalue weighted by molar-refractivity contribution is 0.540. The summed E-state index contributed by atoms with van der Waals surface area (Å²) in [5.74, 6) is -1.46. The van der Waals surface area contributed by atoms with E-state index >= 15 is 0 Å². The number of nitrogens with zero attached hydrogens (tertiary/aromatic N) is 1. The lowest BCUT2D eigenvalue weighted by atomic mass is 10.2. The first-order valence-corrected chi connectivity index (χ1v) is 6.64. The molecule has 2 nitrogen and oxygen atoms in total. The topological polar surface area (TPSA) is 39.6 Å². The zero-order valence-corrected chi connectivity index (χ0v) is 11.0. The normalized spacial score (nSPS) is 10.7. The Labute approximate surface area is 118 Å². The summed E-state index contributed by atoms with van der Waals surface area (Å²) in [5, 5.41) is 10.3. The molecule has 0 aliphatic heterocycles. The van der Waals surface area contributed by atoms with Crippen molar-refractivity contribution < 1.29 is 8.78 Å². The summed E-state index contributed by atoms with van der Waals surface area (Å²) in [5.41, 5.74) is 0.880. The zero-order valence-electron chi connectivity index (χ0n) is 10.2. The first-order valence-electron chi connectivity index (χ1n) is 5.82. The predicted octanol–water partition coefficient (Wildman–Crippen LogP) is 4.47. The minimum atomic E-state index is -0.731. The molecule has 0 fully saturated rings. The van der Waals surface area contributed by atoms with Crippen molar-refractivity contribution in [3.63, 3.8) is 0 Å². The highest BCUT2D eigenvalue weighted by Gasteiger charge is 2.14. The Balaban J connectivity index is 2.01. The molecule has 5 heteroatoms. The number of aromatic nitrogens is 1. The highest BCUT2D eigenvalue weighted by molar-refractivity contribution is 7.99. The Bertz CT molecular complexity index is 777. The van der Waals surface area contributed by atoms with Gasteiger partial charge in [-0.15, -0.1) is 0 Å². The van der Waals surface area contributed by atoms with Crippen molar-refractivity contribution in [3.8, 4) is 6.07 Å². The number of fused-ring (bicyclic) bond motifs is 1. The van der Waals surface area contributed by atoms with Crippen LogP contribution in [0.1, 0.15) is 5.56 Å². The van der Waals surface area contributed by atoms with Gasteiger partial charge in [0.15, 0.2) is 0 Å². The third-order valence-corrected chi connectivity index (χ3v) is 3.88. The van der Waals surface area contributed by atoms with E-state index < -0.39 is 11.6 Å². The standard InChI is InChI=1S/C15H8F2N2S/c16-11-5-9(8-18)6-12(17)15(11)20-14-7-10-3-1-2-4-13(10)19-14/h1-7,19H. The molecule has 0 spiro atoms. The third-order valence-electron chi connectivity index (χ3n) is 2.84. The van der Waals surface area contributed by atoms with Gasteiger partial charge in [-0.2, -0.15) is 5.26 Å². The first kappa shape index (κ1) is 12.7. The number of para-hydroxylation sites is 1. The fraction of sp³-hybridized carbons (Fsp3) is 0. The molecular formula is C15H8F2N2S. The van der Waals surface area contributed by atoms with Gasteiger partial charge < -0.3 is 4.98 Å². The van der Waals surface area contributed by atoms with Crippen molar-refractivity contribution in [1.29, 1.82) is 5.26 Å². The smallest absolute Gasteiger partial charge is 0.141 e. The molecule has 98 valence electrons. The van der Waals surface area contributed by atoms with Crippen molar-refractivity contribution in [2.45, 2.75) is 9.92 Å². The molecule has 3 rings (SSSR count). The highest BCUT2D eigenvalue weighted by atomic mass is 32.2. The van der Waals surface area contributed by atoms with E-state index in [9.17, 15) is 8.78 Å². The van der Waals surface area contributed by atoms with Gasteiger partial charge in [0.25, 0.3) is 0 Å². The van der Waals surface area contributed by atoms with Crippen LogP contribution in [0.4, 0.5) is 8.78 Å². The van der Waals surface area contributed by atoms with Gasteiger partial charge >= 0.3 is 0 Å². The van der Waals surface area contributed by atoms with E-state index in [1.165, 1.54) is 0 Å². The van der Waals surface area contributed by atoms with Crippen molar-refractivity contribution in [3.05, 3.63) is 59.7 Å². The van der Waals surface area contributed by atoms with Crippen LogP contribution >= 0.6 is 11.8 Å². The van der Waals surface area contributed by atoms with Crippen molar-refractivity contribution in [2.75, 3.05) is 0 Å². The van der Waals surface area contributed by atoms with Crippen LogP contribution in [0, 0.1) is 23.0 Å². The van der Waals surface area contributed by atoms with Gasteiger partial charge in [0.2, 0.25) is 0 Å². The van der Waals surface area contributed by atoms with E-state index in [4.69, 9.17) is 5.26 Å². The Morgan fingerprint density at radius 1 is 1.05 bits per heavy atom.